The molecule has 2 amide bonds. The van der Waals surface area contributed by atoms with Crippen LogP contribution >= 0.6 is 0 Å². The third kappa shape index (κ3) is 1.63. The van der Waals surface area contributed by atoms with Crippen molar-refractivity contribution in [2.75, 3.05) is 20.3 Å². The molecule has 7 heteroatoms. The number of hydrogen-bond acceptors (Lipinski definition) is 5. The molecule has 0 aromatic carbocycles. The Balaban J connectivity index is 2.00. The van der Waals surface area contributed by atoms with E-state index in [9.17, 15) is 9.59 Å². The van der Waals surface area contributed by atoms with Crippen molar-refractivity contribution in [2.24, 2.45) is 0 Å². The molecule has 3 rings (SSSR count). The van der Waals surface area contributed by atoms with E-state index in [0.29, 0.717) is 12.3 Å². The summed E-state index contributed by atoms with van der Waals surface area (Å²) in [4.78, 5) is 31.1. The molecule has 20 heavy (non-hydrogen) atoms. The molecule has 7 nitrogen and oxygen atoms in total. The van der Waals surface area contributed by atoms with Gasteiger partial charge in [-0.15, -0.1) is 6.58 Å². The Morgan fingerprint density at radius 3 is 3.15 bits per heavy atom. The van der Waals surface area contributed by atoms with E-state index < -0.39 is 12.0 Å². The van der Waals surface area contributed by atoms with Gasteiger partial charge < -0.3 is 9.15 Å². The first-order valence-electron chi connectivity index (χ1n) is 6.17. The van der Waals surface area contributed by atoms with E-state index in [2.05, 4.69) is 6.58 Å². The number of rotatable bonds is 4. The topological polar surface area (TPSA) is 72.2 Å². The molecule has 2 aliphatic rings. The summed E-state index contributed by atoms with van der Waals surface area (Å²) in [6.07, 6.45) is 3.05. The predicted octanol–water partition coefficient (Wildman–Crippen LogP) is 1.40. The van der Waals surface area contributed by atoms with Crippen molar-refractivity contribution in [3.8, 4) is 0 Å². The quantitative estimate of drug-likeness (QED) is 0.615. The maximum Gasteiger partial charge on any atom is 0.345 e. The molecule has 0 N–H and O–H groups in total. The zero-order valence-corrected chi connectivity index (χ0v) is 10.9. The van der Waals surface area contributed by atoms with Crippen LogP contribution in [0.25, 0.3) is 0 Å². The Bertz CT molecular complexity index is 567. The SMILES string of the molecule is C=CCON1C(=O)N2C[C@@H]1c1ccoc1C2C(=O)OC. The molecule has 1 unspecified atom stereocenters. The van der Waals surface area contributed by atoms with Crippen molar-refractivity contribution < 1.29 is 23.6 Å². The van der Waals surface area contributed by atoms with Crippen molar-refractivity contribution in [1.29, 1.82) is 0 Å². The monoisotopic (exact) mass is 278 g/mol. The largest absolute Gasteiger partial charge is 0.467 e. The molecule has 1 aromatic heterocycles. The molecule has 0 radical (unpaired) electrons. The highest BCUT2D eigenvalue weighted by Gasteiger charge is 2.53. The molecular weight excluding hydrogens is 264 g/mol. The first-order valence-corrected chi connectivity index (χ1v) is 6.17. The second kappa shape index (κ2) is 4.68. The van der Waals surface area contributed by atoms with Crippen molar-refractivity contribution in [3.05, 3.63) is 36.3 Å². The first-order chi connectivity index (χ1) is 9.69. The molecule has 0 aliphatic carbocycles. The summed E-state index contributed by atoms with van der Waals surface area (Å²) in [7, 11) is 1.28. The number of fused-ring (bicyclic) bond motifs is 4. The van der Waals surface area contributed by atoms with Gasteiger partial charge in [0.1, 0.15) is 11.8 Å². The van der Waals surface area contributed by atoms with Crippen LogP contribution in [0.2, 0.25) is 0 Å². The van der Waals surface area contributed by atoms with Gasteiger partial charge in [-0.05, 0) is 6.07 Å². The lowest BCUT2D eigenvalue weighted by atomic mass is 9.99. The number of urea groups is 1. The van der Waals surface area contributed by atoms with Crippen LogP contribution in [0, 0.1) is 0 Å². The van der Waals surface area contributed by atoms with Crippen LogP contribution < -0.4 is 0 Å². The third-order valence-electron chi connectivity index (χ3n) is 3.49. The van der Waals surface area contributed by atoms with Crippen molar-refractivity contribution >= 4 is 12.0 Å². The van der Waals surface area contributed by atoms with Crippen LogP contribution in [0.3, 0.4) is 0 Å². The number of furan rings is 1. The van der Waals surface area contributed by atoms with E-state index in [1.165, 1.54) is 23.3 Å². The lowest BCUT2D eigenvalue weighted by Crippen LogP contribution is -2.38. The molecule has 1 fully saturated rings. The summed E-state index contributed by atoms with van der Waals surface area (Å²) in [5, 5.41) is 1.26. The maximum atomic E-state index is 12.3. The minimum absolute atomic E-state index is 0.214. The summed E-state index contributed by atoms with van der Waals surface area (Å²) in [5.41, 5.74) is 0.770. The van der Waals surface area contributed by atoms with E-state index in [1.54, 1.807) is 12.1 Å². The molecule has 3 heterocycles. The van der Waals surface area contributed by atoms with Gasteiger partial charge in [0.05, 0.1) is 26.5 Å². The summed E-state index contributed by atoms with van der Waals surface area (Å²) in [6.45, 7) is 4.13. The van der Waals surface area contributed by atoms with E-state index >= 15 is 0 Å². The molecular formula is C13H14N2O5. The molecule has 0 saturated carbocycles. The van der Waals surface area contributed by atoms with Crippen LogP contribution in [0.15, 0.2) is 29.4 Å². The second-order valence-corrected chi connectivity index (χ2v) is 4.53. The lowest BCUT2D eigenvalue weighted by Gasteiger charge is -2.27. The predicted molar refractivity (Wildman–Crippen MR) is 66.3 cm³/mol. The smallest absolute Gasteiger partial charge is 0.345 e. The second-order valence-electron chi connectivity index (χ2n) is 4.53. The maximum absolute atomic E-state index is 12.3. The van der Waals surface area contributed by atoms with Gasteiger partial charge in [0.25, 0.3) is 0 Å². The zero-order valence-electron chi connectivity index (χ0n) is 10.9. The van der Waals surface area contributed by atoms with Gasteiger partial charge in [-0.3, -0.25) is 9.74 Å². The highest BCUT2D eigenvalue weighted by Crippen LogP contribution is 2.44. The van der Waals surface area contributed by atoms with Gasteiger partial charge in [-0.2, -0.15) is 5.06 Å². The van der Waals surface area contributed by atoms with Crippen molar-refractivity contribution in [3.63, 3.8) is 0 Å². The van der Waals surface area contributed by atoms with Crippen molar-refractivity contribution in [1.82, 2.24) is 9.96 Å². The highest BCUT2D eigenvalue weighted by molar-refractivity contribution is 5.87. The summed E-state index contributed by atoms with van der Waals surface area (Å²) in [6, 6.07) is 0.234. The van der Waals surface area contributed by atoms with Crippen molar-refractivity contribution in [2.45, 2.75) is 12.1 Å². The summed E-state index contributed by atoms with van der Waals surface area (Å²) < 4.78 is 10.1. The van der Waals surface area contributed by atoms with Crippen LogP contribution in [0.4, 0.5) is 4.79 Å². The van der Waals surface area contributed by atoms with Gasteiger partial charge in [0, 0.05) is 5.56 Å². The molecule has 0 spiro atoms. The summed E-state index contributed by atoms with van der Waals surface area (Å²) >= 11 is 0. The van der Waals surface area contributed by atoms with E-state index in [4.69, 9.17) is 14.0 Å². The first kappa shape index (κ1) is 12.7. The minimum Gasteiger partial charge on any atom is -0.467 e. The van der Waals surface area contributed by atoms with E-state index in [1.807, 2.05) is 0 Å². The minimum atomic E-state index is -0.855. The third-order valence-corrected chi connectivity index (χ3v) is 3.49. The molecule has 106 valence electrons. The number of hydroxylamine groups is 2. The fourth-order valence-corrected chi connectivity index (χ4v) is 2.63. The zero-order chi connectivity index (χ0) is 14.3. The van der Waals surface area contributed by atoms with Gasteiger partial charge in [0.15, 0.2) is 6.04 Å². The fourth-order valence-electron chi connectivity index (χ4n) is 2.63. The number of carbonyl (C=O) groups is 2. The number of ether oxygens (including phenoxy) is 1. The van der Waals surface area contributed by atoms with Crippen LogP contribution in [0.1, 0.15) is 23.4 Å². The van der Waals surface area contributed by atoms with Crippen LogP contribution in [-0.2, 0) is 14.4 Å². The molecule has 2 aliphatic heterocycles. The van der Waals surface area contributed by atoms with Gasteiger partial charge in [-0.25, -0.2) is 9.59 Å². The Kier molecular flexibility index (Phi) is 2.98. The summed E-state index contributed by atoms with van der Waals surface area (Å²) in [5.74, 6) is -0.0928. The van der Waals surface area contributed by atoms with Crippen LogP contribution in [-0.4, -0.2) is 42.2 Å². The Hall–Kier alpha value is -2.28. The van der Waals surface area contributed by atoms with Crippen LogP contribution in [0.5, 0.6) is 0 Å². The Labute approximate surface area is 115 Å². The number of carbonyl (C=O) groups excluding carboxylic acids is 2. The highest BCUT2D eigenvalue weighted by atomic mass is 16.7. The number of nitrogens with zero attached hydrogens (tertiary/aromatic N) is 2. The molecule has 1 aromatic rings. The molecule has 1 saturated heterocycles. The van der Waals surface area contributed by atoms with Gasteiger partial charge in [-0.1, -0.05) is 6.08 Å². The van der Waals surface area contributed by atoms with E-state index in [-0.39, 0.29) is 18.7 Å². The standard InChI is InChI=1S/C13H14N2O5/c1-3-5-20-15-9-7-14(13(15)17)10(12(16)18-2)11-8(9)4-6-19-11/h3-4,6,9-10H,1,5,7H2,2H3/t9-,10?/m1/s1. The molecule has 2 bridgehead atoms. The Morgan fingerprint density at radius 2 is 2.45 bits per heavy atom. The van der Waals surface area contributed by atoms with Gasteiger partial charge in [0.2, 0.25) is 0 Å². The number of esters is 1. The lowest BCUT2D eigenvalue weighted by molar-refractivity contribution is -0.146. The average molecular weight is 278 g/mol. The fraction of sp³-hybridized carbons (Fsp3) is 0.385. The average Bonchev–Trinajstić information content (AvgIpc) is 3.03. The van der Waals surface area contributed by atoms with Gasteiger partial charge >= 0.3 is 12.0 Å². The Morgan fingerprint density at radius 1 is 1.65 bits per heavy atom. The number of methoxy groups -OCH3 is 1. The van der Waals surface area contributed by atoms with E-state index in [0.717, 1.165) is 5.56 Å². The number of hydrogen-bond donors (Lipinski definition) is 0. The number of amides is 2. The normalized spacial score (nSPS) is 23.8. The molecule has 2 atom stereocenters.